The fourth-order valence-corrected chi connectivity index (χ4v) is 4.47. The van der Waals surface area contributed by atoms with Gasteiger partial charge in [0.05, 0.1) is 12.2 Å². The van der Waals surface area contributed by atoms with Crippen LogP contribution in [0.5, 0.6) is 0 Å². The predicted octanol–water partition coefficient (Wildman–Crippen LogP) is 7.62. The number of nitrogens with one attached hydrogen (secondary N) is 1. The maximum absolute atomic E-state index is 11.9. The fourth-order valence-electron chi connectivity index (χ4n) is 4.47. The van der Waals surface area contributed by atoms with E-state index >= 15 is 0 Å². The summed E-state index contributed by atoms with van der Waals surface area (Å²) in [5.74, 6) is -0.284. The molecule has 0 amide bonds. The molecule has 4 heteroatoms. The summed E-state index contributed by atoms with van der Waals surface area (Å²) < 4.78 is 5.08. The molecule has 0 aliphatic heterocycles. The number of benzene rings is 2. The quantitative estimate of drug-likeness (QED) is 0.427. The van der Waals surface area contributed by atoms with Gasteiger partial charge in [-0.15, -0.1) is 12.4 Å². The lowest BCUT2D eigenvalue weighted by Gasteiger charge is -2.42. The fraction of sp³-hybridized carbons (Fsp3) is 0.500. The molecule has 188 valence electrons. The van der Waals surface area contributed by atoms with Crippen molar-refractivity contribution in [1.82, 2.24) is 5.32 Å². The molecule has 0 saturated carbocycles. The number of carbonyl (C=O) groups excluding carboxylic acids is 1. The second-order valence-corrected chi connectivity index (χ2v) is 10.2. The van der Waals surface area contributed by atoms with Crippen molar-refractivity contribution in [3.63, 3.8) is 0 Å². The van der Waals surface area contributed by atoms with Gasteiger partial charge in [0.25, 0.3) is 0 Å². The summed E-state index contributed by atoms with van der Waals surface area (Å²) in [7, 11) is 0. The number of aryl methyl sites for hydroxylation is 1. The first-order valence-electron chi connectivity index (χ1n) is 12.3. The Bertz CT molecular complexity index is 972. The van der Waals surface area contributed by atoms with Gasteiger partial charge >= 0.3 is 5.97 Å². The molecule has 34 heavy (non-hydrogen) atoms. The number of rotatable bonds is 6. The number of hydrogen-bond acceptors (Lipinski definition) is 3. The summed E-state index contributed by atoms with van der Waals surface area (Å²) in [4.78, 5) is 11.9. The molecule has 0 atom stereocenters. The minimum Gasteiger partial charge on any atom is -0.462 e. The molecule has 0 unspecified atom stereocenters. The Morgan fingerprint density at radius 2 is 1.38 bits per heavy atom. The number of fused-ring (bicyclic) bond motifs is 1. The Balaban J connectivity index is 0.000000873. The van der Waals surface area contributed by atoms with Crippen LogP contribution in [-0.4, -0.2) is 25.7 Å². The molecule has 3 nitrogen and oxygen atoms in total. The van der Waals surface area contributed by atoms with Crippen molar-refractivity contribution >= 4 is 23.9 Å². The van der Waals surface area contributed by atoms with Gasteiger partial charge in [-0.1, -0.05) is 72.4 Å². The third-order valence-electron chi connectivity index (χ3n) is 6.77. The highest BCUT2D eigenvalue weighted by molar-refractivity contribution is 5.90. The summed E-state index contributed by atoms with van der Waals surface area (Å²) in [5, 5.41) is 3.11. The number of carbonyl (C=O) groups is 1. The van der Waals surface area contributed by atoms with Crippen LogP contribution < -0.4 is 5.32 Å². The van der Waals surface area contributed by atoms with Crippen LogP contribution in [0, 0.1) is 6.92 Å². The highest BCUT2D eigenvalue weighted by atomic mass is 35.5. The zero-order valence-corrected chi connectivity index (χ0v) is 23.2. The lowest BCUT2D eigenvalue weighted by molar-refractivity contribution is 0.0526. The molecule has 1 aliphatic carbocycles. The molecule has 0 saturated heterocycles. The third kappa shape index (κ3) is 6.96. The van der Waals surface area contributed by atoms with E-state index in [1.54, 1.807) is 0 Å². The van der Waals surface area contributed by atoms with Gasteiger partial charge in [0, 0.05) is 0 Å². The van der Waals surface area contributed by atoms with Crippen molar-refractivity contribution in [2.75, 3.05) is 19.7 Å². The molecule has 0 radical (unpaired) electrons. The van der Waals surface area contributed by atoms with Crippen LogP contribution in [0.1, 0.15) is 99.5 Å². The molecule has 0 spiro atoms. The summed E-state index contributed by atoms with van der Waals surface area (Å²) in [6.45, 7) is 24.5. The van der Waals surface area contributed by atoms with E-state index in [-0.39, 0.29) is 29.2 Å². The summed E-state index contributed by atoms with van der Waals surface area (Å²) >= 11 is 0. The largest absolute Gasteiger partial charge is 0.462 e. The van der Waals surface area contributed by atoms with Gasteiger partial charge in [0.15, 0.2) is 0 Å². The Hall–Kier alpha value is -2.10. The Labute approximate surface area is 213 Å². The molecule has 1 aliphatic rings. The van der Waals surface area contributed by atoms with Crippen LogP contribution >= 0.6 is 12.4 Å². The van der Waals surface area contributed by atoms with Crippen LogP contribution in [0.3, 0.4) is 0 Å². The van der Waals surface area contributed by atoms with Gasteiger partial charge in [-0.3, -0.25) is 0 Å². The molecular weight excluding hydrogens is 442 g/mol. The lowest BCUT2D eigenvalue weighted by atomic mass is 9.62. The van der Waals surface area contributed by atoms with E-state index in [9.17, 15) is 4.79 Å². The van der Waals surface area contributed by atoms with Crippen molar-refractivity contribution in [3.05, 3.63) is 76.4 Å². The maximum Gasteiger partial charge on any atom is 0.338 e. The van der Waals surface area contributed by atoms with Gasteiger partial charge in [-0.05, 0) is 96.1 Å². The van der Waals surface area contributed by atoms with Crippen molar-refractivity contribution in [1.29, 1.82) is 0 Å². The Morgan fingerprint density at radius 1 is 0.912 bits per heavy atom. The normalized spacial score (nSPS) is 15.2. The van der Waals surface area contributed by atoms with Crippen LogP contribution in [0.4, 0.5) is 0 Å². The standard InChI is InChI=1S/C26H32O2.C4H11N.ClH/c1-8-28-24(27)20-11-9-19(10-12-20)18(3)21-16-23-22(15-17(21)2)25(4,5)13-14-26(23,6)7;1-3-5-4-2;/h9-12,15-16H,3,8,13-14H2,1-2,4-7H3;5H,3-4H2,1-2H3;1H. The number of esters is 1. The Kier molecular flexibility index (Phi) is 11.1. The van der Waals surface area contributed by atoms with Gasteiger partial charge in [-0.25, -0.2) is 4.79 Å². The minimum atomic E-state index is -0.284. The van der Waals surface area contributed by atoms with Crippen LogP contribution in [0.15, 0.2) is 43.0 Å². The molecule has 2 aromatic carbocycles. The monoisotopic (exact) mass is 485 g/mol. The first-order chi connectivity index (χ1) is 15.5. The van der Waals surface area contributed by atoms with Gasteiger partial charge in [-0.2, -0.15) is 0 Å². The van der Waals surface area contributed by atoms with Crippen LogP contribution in [0.25, 0.3) is 5.57 Å². The molecule has 2 aromatic rings. The van der Waals surface area contributed by atoms with Crippen molar-refractivity contribution in [3.8, 4) is 0 Å². The van der Waals surface area contributed by atoms with E-state index in [4.69, 9.17) is 4.74 Å². The Morgan fingerprint density at radius 3 is 1.82 bits per heavy atom. The van der Waals surface area contributed by atoms with E-state index in [0.717, 1.165) is 24.2 Å². The molecule has 0 fully saturated rings. The number of ether oxygens (including phenoxy) is 1. The first-order valence-corrected chi connectivity index (χ1v) is 12.3. The summed E-state index contributed by atoms with van der Waals surface area (Å²) in [5.41, 5.74) is 8.32. The van der Waals surface area contributed by atoms with Gasteiger partial charge < -0.3 is 10.1 Å². The van der Waals surface area contributed by atoms with E-state index in [0.29, 0.717) is 12.2 Å². The highest BCUT2D eigenvalue weighted by Crippen LogP contribution is 2.47. The first kappa shape index (κ1) is 29.9. The smallest absolute Gasteiger partial charge is 0.338 e. The van der Waals surface area contributed by atoms with Crippen LogP contribution in [-0.2, 0) is 15.6 Å². The van der Waals surface area contributed by atoms with Crippen molar-refractivity contribution < 1.29 is 9.53 Å². The minimum absolute atomic E-state index is 0. The average molecular weight is 486 g/mol. The van der Waals surface area contributed by atoms with Crippen molar-refractivity contribution in [2.45, 2.75) is 79.1 Å². The molecule has 0 bridgehead atoms. The van der Waals surface area contributed by atoms with Crippen LogP contribution in [0.2, 0.25) is 0 Å². The zero-order chi connectivity index (χ0) is 24.8. The second kappa shape index (κ2) is 12.6. The second-order valence-electron chi connectivity index (χ2n) is 10.2. The van der Waals surface area contributed by atoms with E-state index in [1.165, 1.54) is 35.1 Å². The van der Waals surface area contributed by atoms with Gasteiger partial charge in [0.2, 0.25) is 0 Å². The number of halogens is 1. The summed E-state index contributed by atoms with van der Waals surface area (Å²) in [6.07, 6.45) is 2.40. The summed E-state index contributed by atoms with van der Waals surface area (Å²) in [6, 6.07) is 12.3. The SMILES string of the molecule is C=C(c1ccc(C(=O)OCC)cc1)c1cc2c(cc1C)C(C)(C)CCC2(C)C.CCNCC.Cl. The molecule has 0 heterocycles. The molecule has 1 N–H and O–H groups in total. The average Bonchev–Trinajstić information content (AvgIpc) is 2.77. The molecular formula is C30H44ClNO2. The number of hydrogen-bond donors (Lipinski definition) is 1. The van der Waals surface area contributed by atoms with E-state index in [2.05, 4.69) is 72.5 Å². The predicted molar refractivity (Wildman–Crippen MR) is 148 cm³/mol. The third-order valence-corrected chi connectivity index (χ3v) is 6.77. The zero-order valence-electron chi connectivity index (χ0n) is 22.4. The molecule has 3 rings (SSSR count). The molecule has 0 aromatic heterocycles. The lowest BCUT2D eigenvalue weighted by Crippen LogP contribution is -2.34. The van der Waals surface area contributed by atoms with E-state index in [1.807, 2.05) is 31.2 Å². The topological polar surface area (TPSA) is 38.3 Å². The maximum atomic E-state index is 11.9. The van der Waals surface area contributed by atoms with E-state index < -0.39 is 0 Å². The highest BCUT2D eigenvalue weighted by Gasteiger charge is 2.37. The van der Waals surface area contributed by atoms with Gasteiger partial charge in [0.1, 0.15) is 0 Å². The van der Waals surface area contributed by atoms with Crippen molar-refractivity contribution in [2.24, 2.45) is 0 Å².